The molecule has 0 aromatic rings. The van der Waals surface area contributed by atoms with E-state index in [4.69, 9.17) is 11.6 Å². The smallest absolute Gasteiger partial charge is 0.158 e. The molecule has 0 aliphatic carbocycles. The van der Waals surface area contributed by atoms with Crippen molar-refractivity contribution >= 4 is 22.3 Å². The third-order valence-electron chi connectivity index (χ3n) is 0.825. The number of halogens is 2. The van der Waals surface area contributed by atoms with Crippen LogP contribution in [0, 0.1) is 0 Å². The molecule has 0 radical (unpaired) electrons. The van der Waals surface area contributed by atoms with Crippen molar-refractivity contribution in [2.24, 2.45) is 0 Å². The van der Waals surface area contributed by atoms with E-state index in [1.165, 1.54) is 6.92 Å². The monoisotopic (exact) mass is 175 g/mol. The Morgan fingerprint density at radius 3 is 2.33 bits per heavy atom. The van der Waals surface area contributed by atoms with Gasteiger partial charge in [0.2, 0.25) is 0 Å². The predicted octanol–water partition coefficient (Wildman–Crippen LogP) is 0.327. The van der Waals surface area contributed by atoms with Gasteiger partial charge in [-0.1, -0.05) is 0 Å². The Hall–Kier alpha value is 0.130. The molecule has 0 saturated heterocycles. The summed E-state index contributed by atoms with van der Waals surface area (Å²) in [6.45, 7) is 1.22. The maximum atomic E-state index is 12.1. The molecule has 3 nitrogen and oxygen atoms in total. The average Bonchev–Trinajstić information content (AvgIpc) is 1.84. The Kier molecular flexibility index (Phi) is 4.09. The largest absolute Gasteiger partial charge is 0.230 e. The van der Waals surface area contributed by atoms with Crippen LogP contribution < -0.4 is 0 Å². The van der Waals surface area contributed by atoms with Crippen molar-refractivity contribution in [1.82, 2.24) is 5.12 Å². The summed E-state index contributed by atoms with van der Waals surface area (Å²) in [6, 6.07) is -0.426. The van der Waals surface area contributed by atoms with E-state index in [-0.39, 0.29) is 5.12 Å². The fourth-order valence-electron chi connectivity index (χ4n) is 0.202. The standard InChI is InChI=1S/C3H7ClFNO2S/c1-3(9(7)8)6(5)2-4/h3,9H,2H2,1H3. The molecule has 0 fully saturated rings. The summed E-state index contributed by atoms with van der Waals surface area (Å²) >= 11 is 4.97. The second-order valence-corrected chi connectivity index (χ2v) is 2.99. The van der Waals surface area contributed by atoms with Gasteiger partial charge in [0.1, 0.15) is 11.4 Å². The number of alkyl halides is 1. The highest BCUT2D eigenvalue weighted by Gasteiger charge is 2.12. The molecule has 0 amide bonds. The van der Waals surface area contributed by atoms with Crippen LogP contribution >= 0.6 is 11.6 Å². The molecule has 0 rings (SSSR count). The van der Waals surface area contributed by atoms with E-state index in [9.17, 15) is 12.9 Å². The van der Waals surface area contributed by atoms with Gasteiger partial charge in [-0.2, -0.15) is 0 Å². The van der Waals surface area contributed by atoms with Crippen LogP contribution in [0.4, 0.5) is 4.48 Å². The Morgan fingerprint density at radius 1 is 1.78 bits per heavy atom. The van der Waals surface area contributed by atoms with E-state index in [1.54, 1.807) is 0 Å². The first kappa shape index (κ1) is 9.13. The average molecular weight is 176 g/mol. The third-order valence-corrected chi connectivity index (χ3v) is 1.91. The molecule has 0 saturated carbocycles. The quantitative estimate of drug-likeness (QED) is 0.291. The van der Waals surface area contributed by atoms with Gasteiger partial charge in [0, 0.05) is 0 Å². The summed E-state index contributed by atoms with van der Waals surface area (Å²) < 4.78 is 32.1. The van der Waals surface area contributed by atoms with E-state index >= 15 is 0 Å². The summed E-state index contributed by atoms with van der Waals surface area (Å²) in [7, 11) is -2.74. The molecular formula is C3H7ClFNO2S. The lowest BCUT2D eigenvalue weighted by Crippen LogP contribution is -2.24. The van der Waals surface area contributed by atoms with E-state index < -0.39 is 22.1 Å². The van der Waals surface area contributed by atoms with E-state index in [2.05, 4.69) is 0 Å². The highest BCUT2D eigenvalue weighted by Crippen LogP contribution is 2.00. The van der Waals surface area contributed by atoms with Crippen LogP contribution in [-0.4, -0.2) is 24.9 Å². The zero-order valence-electron chi connectivity index (χ0n) is 4.75. The van der Waals surface area contributed by atoms with Gasteiger partial charge in [0.05, 0.1) is 0 Å². The molecule has 56 valence electrons. The second kappa shape index (κ2) is 4.03. The Labute approximate surface area is 59.3 Å². The molecule has 1 unspecified atom stereocenters. The van der Waals surface area contributed by atoms with Crippen LogP contribution in [-0.2, 0) is 10.7 Å². The summed E-state index contributed by atoms with van der Waals surface area (Å²) in [6.07, 6.45) is 0. The van der Waals surface area contributed by atoms with Crippen LogP contribution in [0.3, 0.4) is 0 Å². The molecular weight excluding hydrogens is 169 g/mol. The first-order valence-corrected chi connectivity index (χ1v) is 3.99. The van der Waals surface area contributed by atoms with Crippen molar-refractivity contribution < 1.29 is 12.9 Å². The Bertz CT molecular complexity index is 143. The number of thiol groups is 1. The molecule has 1 atom stereocenters. The zero-order chi connectivity index (χ0) is 7.44. The summed E-state index contributed by atoms with van der Waals surface area (Å²) in [5, 5.41) is -1.09. The normalized spacial score (nSPS) is 14.8. The lowest BCUT2D eigenvalue weighted by Gasteiger charge is -2.09. The third kappa shape index (κ3) is 2.98. The second-order valence-electron chi connectivity index (χ2n) is 1.44. The van der Waals surface area contributed by atoms with Crippen molar-refractivity contribution in [2.75, 3.05) is 6.00 Å². The van der Waals surface area contributed by atoms with Gasteiger partial charge in [0.25, 0.3) is 0 Å². The lowest BCUT2D eigenvalue weighted by atomic mass is 10.7. The molecule has 0 aliphatic rings. The van der Waals surface area contributed by atoms with Crippen LogP contribution in [0.25, 0.3) is 0 Å². The van der Waals surface area contributed by atoms with Crippen molar-refractivity contribution in [3.63, 3.8) is 0 Å². The molecule has 0 aliphatic heterocycles. The van der Waals surface area contributed by atoms with Gasteiger partial charge in [-0.15, -0.1) is 21.2 Å². The SMILES string of the molecule is CC(N(F)CCl)[SH](=O)=O. The van der Waals surface area contributed by atoms with Crippen molar-refractivity contribution in [2.45, 2.75) is 12.3 Å². The van der Waals surface area contributed by atoms with Crippen LogP contribution in [0.15, 0.2) is 0 Å². The predicted molar refractivity (Wildman–Crippen MR) is 33.4 cm³/mol. The van der Waals surface area contributed by atoms with Gasteiger partial charge < -0.3 is 0 Å². The number of hydrogen-bond donors (Lipinski definition) is 1. The van der Waals surface area contributed by atoms with Crippen LogP contribution in [0.2, 0.25) is 0 Å². The van der Waals surface area contributed by atoms with Gasteiger partial charge in [0.15, 0.2) is 10.7 Å². The van der Waals surface area contributed by atoms with Gasteiger partial charge in [-0.25, -0.2) is 8.42 Å². The van der Waals surface area contributed by atoms with Crippen molar-refractivity contribution in [3.8, 4) is 0 Å². The molecule has 9 heavy (non-hydrogen) atoms. The molecule has 0 heterocycles. The van der Waals surface area contributed by atoms with Gasteiger partial charge in [-0.05, 0) is 6.92 Å². The maximum absolute atomic E-state index is 12.1. The highest BCUT2D eigenvalue weighted by atomic mass is 35.5. The summed E-state index contributed by atoms with van der Waals surface area (Å²) in [5.41, 5.74) is 0. The minimum absolute atomic E-state index is 0.0350. The van der Waals surface area contributed by atoms with E-state index in [1.807, 2.05) is 0 Å². The number of hydrogen-bond acceptors (Lipinski definition) is 3. The summed E-state index contributed by atoms with van der Waals surface area (Å²) in [5.74, 6) is 0. The summed E-state index contributed by atoms with van der Waals surface area (Å²) in [4.78, 5) is 0. The molecule has 0 aromatic carbocycles. The molecule has 0 spiro atoms. The van der Waals surface area contributed by atoms with Gasteiger partial charge in [-0.3, -0.25) is 0 Å². The van der Waals surface area contributed by atoms with Gasteiger partial charge >= 0.3 is 0 Å². The minimum Gasteiger partial charge on any atom is -0.230 e. The zero-order valence-corrected chi connectivity index (χ0v) is 6.40. The minimum atomic E-state index is -2.74. The fourth-order valence-corrected chi connectivity index (χ4v) is 0.792. The fraction of sp³-hybridized carbons (Fsp3) is 1.00. The van der Waals surface area contributed by atoms with E-state index in [0.29, 0.717) is 0 Å². The first-order chi connectivity index (χ1) is 4.09. The molecule has 0 N–H and O–H groups in total. The lowest BCUT2D eigenvalue weighted by molar-refractivity contribution is 0.0395. The molecule has 6 heteroatoms. The maximum Gasteiger partial charge on any atom is 0.158 e. The van der Waals surface area contributed by atoms with Crippen molar-refractivity contribution in [1.29, 1.82) is 0 Å². The Balaban J connectivity index is 3.87. The Morgan fingerprint density at radius 2 is 2.22 bits per heavy atom. The number of nitrogens with zero attached hydrogens (tertiary/aromatic N) is 1. The molecule has 0 aromatic heterocycles. The van der Waals surface area contributed by atoms with Crippen LogP contribution in [0.1, 0.15) is 6.92 Å². The topological polar surface area (TPSA) is 37.4 Å². The van der Waals surface area contributed by atoms with E-state index in [0.717, 1.165) is 0 Å². The number of rotatable bonds is 3. The van der Waals surface area contributed by atoms with Crippen LogP contribution in [0.5, 0.6) is 0 Å². The molecule has 0 bridgehead atoms. The highest BCUT2D eigenvalue weighted by molar-refractivity contribution is 7.73. The first-order valence-electron chi connectivity index (χ1n) is 2.21. The van der Waals surface area contributed by atoms with Crippen molar-refractivity contribution in [3.05, 3.63) is 0 Å².